The Balaban J connectivity index is 2.99. The first-order valence-electron chi connectivity index (χ1n) is 5.20. The molecule has 0 aromatic heterocycles. The SMILES string of the molecule is CC(C)CNc1ccc(C(F)(F)F)cc1C#N. The van der Waals surface area contributed by atoms with Gasteiger partial charge >= 0.3 is 6.18 Å². The Bertz CT molecular complexity index is 430. The van der Waals surface area contributed by atoms with Gasteiger partial charge in [0.15, 0.2) is 0 Å². The van der Waals surface area contributed by atoms with Crippen molar-refractivity contribution in [2.45, 2.75) is 20.0 Å². The van der Waals surface area contributed by atoms with E-state index in [1.807, 2.05) is 13.8 Å². The number of nitrogens with one attached hydrogen (secondary N) is 1. The van der Waals surface area contributed by atoms with Gasteiger partial charge in [0.1, 0.15) is 6.07 Å². The lowest BCUT2D eigenvalue weighted by Gasteiger charge is -2.12. The number of halogens is 3. The Morgan fingerprint density at radius 1 is 1.35 bits per heavy atom. The van der Waals surface area contributed by atoms with Crippen molar-refractivity contribution >= 4 is 5.69 Å². The minimum Gasteiger partial charge on any atom is -0.384 e. The van der Waals surface area contributed by atoms with E-state index in [2.05, 4.69) is 5.32 Å². The highest BCUT2D eigenvalue weighted by atomic mass is 19.4. The van der Waals surface area contributed by atoms with Crippen LogP contribution in [-0.4, -0.2) is 6.54 Å². The van der Waals surface area contributed by atoms with Crippen molar-refractivity contribution in [1.82, 2.24) is 0 Å². The fraction of sp³-hybridized carbons (Fsp3) is 0.417. The Morgan fingerprint density at radius 3 is 2.47 bits per heavy atom. The molecule has 0 fully saturated rings. The molecule has 0 amide bonds. The van der Waals surface area contributed by atoms with E-state index >= 15 is 0 Å². The van der Waals surface area contributed by atoms with Gasteiger partial charge in [-0.2, -0.15) is 18.4 Å². The van der Waals surface area contributed by atoms with Gasteiger partial charge in [-0.15, -0.1) is 0 Å². The zero-order chi connectivity index (χ0) is 13.1. The second-order valence-electron chi connectivity index (χ2n) is 4.14. The molecule has 0 heterocycles. The Hall–Kier alpha value is -1.70. The summed E-state index contributed by atoms with van der Waals surface area (Å²) in [5.41, 5.74) is -0.348. The van der Waals surface area contributed by atoms with Crippen LogP contribution in [0.15, 0.2) is 18.2 Å². The summed E-state index contributed by atoms with van der Waals surface area (Å²) in [6, 6.07) is 4.90. The molecule has 0 aliphatic carbocycles. The first-order chi connectivity index (χ1) is 7.84. The monoisotopic (exact) mass is 242 g/mol. The van der Waals surface area contributed by atoms with Crippen LogP contribution in [0.25, 0.3) is 0 Å². The van der Waals surface area contributed by atoms with E-state index in [4.69, 9.17) is 5.26 Å². The number of alkyl halides is 3. The van der Waals surface area contributed by atoms with Gasteiger partial charge in [-0.1, -0.05) is 13.8 Å². The van der Waals surface area contributed by atoms with Crippen LogP contribution in [0.1, 0.15) is 25.0 Å². The van der Waals surface area contributed by atoms with Crippen molar-refractivity contribution in [2.24, 2.45) is 5.92 Å². The molecule has 2 nitrogen and oxygen atoms in total. The van der Waals surface area contributed by atoms with Gasteiger partial charge in [0, 0.05) is 6.54 Å². The molecule has 1 N–H and O–H groups in total. The van der Waals surface area contributed by atoms with Gasteiger partial charge in [-0.25, -0.2) is 0 Å². The molecule has 0 saturated heterocycles. The summed E-state index contributed by atoms with van der Waals surface area (Å²) in [7, 11) is 0. The molecule has 1 rings (SSSR count). The third kappa shape index (κ3) is 3.66. The molecule has 17 heavy (non-hydrogen) atoms. The van der Waals surface area contributed by atoms with Crippen LogP contribution in [0.3, 0.4) is 0 Å². The molecule has 1 aromatic carbocycles. The first kappa shape index (κ1) is 13.4. The summed E-state index contributed by atoms with van der Waals surface area (Å²) in [5.74, 6) is 0.351. The van der Waals surface area contributed by atoms with E-state index in [1.165, 1.54) is 6.07 Å². The molecule has 0 spiro atoms. The lowest BCUT2D eigenvalue weighted by Crippen LogP contribution is -2.10. The van der Waals surface area contributed by atoms with Gasteiger partial charge in [-0.3, -0.25) is 0 Å². The van der Waals surface area contributed by atoms with Crippen molar-refractivity contribution in [3.8, 4) is 6.07 Å². The van der Waals surface area contributed by atoms with Crippen LogP contribution >= 0.6 is 0 Å². The third-order valence-corrected chi connectivity index (χ3v) is 2.17. The molecule has 0 aliphatic rings. The molecule has 0 bridgehead atoms. The van der Waals surface area contributed by atoms with Gasteiger partial charge in [0.05, 0.1) is 16.8 Å². The summed E-state index contributed by atoms with van der Waals surface area (Å²) in [6.07, 6.45) is -4.41. The highest BCUT2D eigenvalue weighted by molar-refractivity contribution is 5.59. The van der Waals surface area contributed by atoms with E-state index in [0.717, 1.165) is 12.1 Å². The molecule has 0 atom stereocenters. The third-order valence-electron chi connectivity index (χ3n) is 2.17. The molecule has 1 aromatic rings. The Labute approximate surface area is 98.1 Å². The standard InChI is InChI=1S/C12H13F3N2/c1-8(2)7-17-11-4-3-10(12(13,14)15)5-9(11)6-16/h3-5,8,17H,7H2,1-2H3. The van der Waals surface area contributed by atoms with Crippen LogP contribution < -0.4 is 5.32 Å². The second kappa shape index (κ2) is 5.09. The Kier molecular flexibility index (Phi) is 4.00. The molecule has 0 radical (unpaired) electrons. The minimum absolute atomic E-state index is 0.0143. The Morgan fingerprint density at radius 2 is 2.00 bits per heavy atom. The quantitative estimate of drug-likeness (QED) is 0.878. The fourth-order valence-electron chi connectivity index (χ4n) is 1.28. The predicted octanol–water partition coefficient (Wildman–Crippen LogP) is 3.64. The number of nitriles is 1. The summed E-state index contributed by atoms with van der Waals surface area (Å²) < 4.78 is 37.3. The molecular formula is C12H13F3N2. The summed E-state index contributed by atoms with van der Waals surface area (Å²) in [4.78, 5) is 0. The fourth-order valence-corrected chi connectivity index (χ4v) is 1.28. The van der Waals surface area contributed by atoms with Crippen LogP contribution in [-0.2, 0) is 6.18 Å². The maximum absolute atomic E-state index is 12.4. The number of nitrogens with zero attached hydrogens (tertiary/aromatic N) is 1. The molecule has 0 unspecified atom stereocenters. The van der Waals surface area contributed by atoms with E-state index in [9.17, 15) is 13.2 Å². The van der Waals surface area contributed by atoms with Crippen LogP contribution in [0.4, 0.5) is 18.9 Å². The van der Waals surface area contributed by atoms with E-state index < -0.39 is 11.7 Å². The molecule has 92 valence electrons. The largest absolute Gasteiger partial charge is 0.416 e. The first-order valence-corrected chi connectivity index (χ1v) is 5.20. The van der Waals surface area contributed by atoms with Crippen molar-refractivity contribution in [2.75, 3.05) is 11.9 Å². The lowest BCUT2D eigenvalue weighted by molar-refractivity contribution is -0.137. The molecule has 0 aliphatic heterocycles. The molecule has 5 heteroatoms. The molecular weight excluding hydrogens is 229 g/mol. The van der Waals surface area contributed by atoms with Gasteiger partial charge in [-0.05, 0) is 24.1 Å². The van der Waals surface area contributed by atoms with E-state index in [-0.39, 0.29) is 5.56 Å². The number of hydrogen-bond acceptors (Lipinski definition) is 2. The topological polar surface area (TPSA) is 35.8 Å². The summed E-state index contributed by atoms with van der Waals surface area (Å²) in [5, 5.41) is 11.8. The predicted molar refractivity (Wildman–Crippen MR) is 59.5 cm³/mol. The van der Waals surface area contributed by atoms with Gasteiger partial charge < -0.3 is 5.32 Å². The van der Waals surface area contributed by atoms with E-state index in [1.54, 1.807) is 6.07 Å². The van der Waals surface area contributed by atoms with Crippen LogP contribution in [0, 0.1) is 17.2 Å². The maximum atomic E-state index is 12.4. The van der Waals surface area contributed by atoms with Crippen LogP contribution in [0.5, 0.6) is 0 Å². The zero-order valence-electron chi connectivity index (χ0n) is 9.60. The average Bonchev–Trinajstić information content (AvgIpc) is 2.24. The summed E-state index contributed by atoms with van der Waals surface area (Å²) >= 11 is 0. The average molecular weight is 242 g/mol. The number of hydrogen-bond donors (Lipinski definition) is 1. The second-order valence-corrected chi connectivity index (χ2v) is 4.14. The van der Waals surface area contributed by atoms with Crippen molar-refractivity contribution in [3.05, 3.63) is 29.3 Å². The summed E-state index contributed by atoms with van der Waals surface area (Å²) in [6.45, 7) is 4.56. The van der Waals surface area contributed by atoms with E-state index in [0.29, 0.717) is 18.2 Å². The maximum Gasteiger partial charge on any atom is 0.416 e. The normalized spacial score (nSPS) is 11.4. The van der Waals surface area contributed by atoms with Crippen molar-refractivity contribution in [3.63, 3.8) is 0 Å². The highest BCUT2D eigenvalue weighted by Gasteiger charge is 2.30. The molecule has 0 saturated carbocycles. The zero-order valence-corrected chi connectivity index (χ0v) is 9.60. The lowest BCUT2D eigenvalue weighted by atomic mass is 10.1. The smallest absolute Gasteiger partial charge is 0.384 e. The minimum atomic E-state index is -4.41. The number of benzene rings is 1. The number of rotatable bonds is 3. The number of anilines is 1. The van der Waals surface area contributed by atoms with Crippen molar-refractivity contribution in [1.29, 1.82) is 5.26 Å². The van der Waals surface area contributed by atoms with Gasteiger partial charge in [0.25, 0.3) is 0 Å². The van der Waals surface area contributed by atoms with Gasteiger partial charge in [0.2, 0.25) is 0 Å². The van der Waals surface area contributed by atoms with Crippen molar-refractivity contribution < 1.29 is 13.2 Å². The van der Waals surface area contributed by atoms with Crippen LogP contribution in [0.2, 0.25) is 0 Å². The highest BCUT2D eigenvalue weighted by Crippen LogP contribution is 2.31.